The second-order valence-electron chi connectivity index (χ2n) is 8.30. The molecular formula is C27H31NO4Y. The van der Waals surface area contributed by atoms with E-state index in [2.05, 4.69) is 48.3 Å². The van der Waals surface area contributed by atoms with Crippen LogP contribution in [0.25, 0.3) is 0 Å². The van der Waals surface area contributed by atoms with E-state index < -0.39 is 5.60 Å². The average Bonchev–Trinajstić information content (AvgIpc) is 3.22. The first-order chi connectivity index (χ1) is 15.6. The Balaban J connectivity index is 0.00000306. The fraction of sp³-hybridized carbons (Fsp3) is 0.333. The molecule has 0 saturated carbocycles. The molecule has 1 aliphatic heterocycles. The van der Waals surface area contributed by atoms with Crippen LogP contribution in [0, 0.1) is 5.92 Å². The minimum Gasteiger partial charge on any atom is -0.497 e. The standard InChI is InChI=1S/C27H31NO4.Y/c1-28-18-20(19-29)17-26(28)32-27(21-7-5-4-6-8-21,22-9-13-24(30-2)14-10-22)23-11-15-25(31-3)16-12-23;/h4-16,20,26,29H,17-19H2,1-3H3;. The third-order valence-electron chi connectivity index (χ3n) is 6.32. The molecule has 0 bridgehead atoms. The van der Waals surface area contributed by atoms with Crippen LogP contribution in [0.1, 0.15) is 23.1 Å². The molecule has 1 aliphatic rings. The molecule has 3 aromatic carbocycles. The van der Waals surface area contributed by atoms with Gasteiger partial charge in [-0.15, -0.1) is 0 Å². The Kier molecular flexibility index (Phi) is 9.08. The van der Waals surface area contributed by atoms with Crippen molar-refractivity contribution in [2.45, 2.75) is 18.2 Å². The summed E-state index contributed by atoms with van der Waals surface area (Å²) in [6, 6.07) is 26.4. The van der Waals surface area contributed by atoms with Gasteiger partial charge in [-0.25, -0.2) is 0 Å². The third kappa shape index (κ3) is 5.34. The SMILES string of the molecule is COc1ccc(C(OC2CC(CO)CN2C)(c2ccccc2)c2ccc(OC)cc2)cc1.[Y]. The maximum Gasteiger partial charge on any atom is 0.145 e. The number of likely N-dealkylation sites (tertiary alicyclic amines) is 1. The van der Waals surface area contributed by atoms with Gasteiger partial charge in [0, 0.05) is 45.9 Å². The van der Waals surface area contributed by atoms with Crippen molar-refractivity contribution in [3.05, 3.63) is 95.6 Å². The average molecular weight is 522 g/mol. The fourth-order valence-electron chi connectivity index (χ4n) is 4.57. The fourth-order valence-corrected chi connectivity index (χ4v) is 4.57. The number of methoxy groups -OCH3 is 2. The second-order valence-corrected chi connectivity index (χ2v) is 8.30. The van der Waals surface area contributed by atoms with Crippen LogP contribution in [-0.2, 0) is 43.0 Å². The molecular weight excluding hydrogens is 491 g/mol. The molecule has 171 valence electrons. The zero-order valence-corrected chi connectivity index (χ0v) is 22.3. The summed E-state index contributed by atoms with van der Waals surface area (Å²) in [7, 11) is 5.39. The number of hydrogen-bond donors (Lipinski definition) is 1. The summed E-state index contributed by atoms with van der Waals surface area (Å²) < 4.78 is 17.9. The Morgan fingerprint density at radius 2 is 1.30 bits per heavy atom. The van der Waals surface area contributed by atoms with E-state index in [-0.39, 0.29) is 51.5 Å². The van der Waals surface area contributed by atoms with Crippen molar-refractivity contribution in [1.82, 2.24) is 4.90 Å². The number of aliphatic hydroxyl groups excluding tert-OH is 1. The van der Waals surface area contributed by atoms with E-state index in [9.17, 15) is 5.11 Å². The van der Waals surface area contributed by atoms with Gasteiger partial charge in [0.2, 0.25) is 0 Å². The molecule has 1 heterocycles. The van der Waals surface area contributed by atoms with Crippen LogP contribution in [0.5, 0.6) is 11.5 Å². The van der Waals surface area contributed by atoms with Gasteiger partial charge in [-0.1, -0.05) is 54.6 Å². The van der Waals surface area contributed by atoms with Crippen LogP contribution >= 0.6 is 0 Å². The van der Waals surface area contributed by atoms with Crippen molar-refractivity contribution < 1.29 is 52.0 Å². The number of benzene rings is 3. The Labute approximate surface area is 221 Å². The number of hydrogen-bond acceptors (Lipinski definition) is 5. The van der Waals surface area contributed by atoms with Crippen molar-refractivity contribution in [3.8, 4) is 11.5 Å². The molecule has 6 heteroatoms. The van der Waals surface area contributed by atoms with Crippen molar-refractivity contribution in [2.24, 2.45) is 5.92 Å². The molecule has 1 N–H and O–H groups in total. The predicted octanol–water partition coefficient (Wildman–Crippen LogP) is 4.28. The van der Waals surface area contributed by atoms with E-state index in [0.29, 0.717) is 0 Å². The monoisotopic (exact) mass is 522 g/mol. The molecule has 1 saturated heterocycles. The molecule has 5 nitrogen and oxygen atoms in total. The summed E-state index contributed by atoms with van der Waals surface area (Å²) in [6.07, 6.45) is 0.630. The minimum atomic E-state index is -0.844. The Morgan fingerprint density at radius 3 is 1.73 bits per heavy atom. The van der Waals surface area contributed by atoms with E-state index in [0.717, 1.165) is 41.2 Å². The van der Waals surface area contributed by atoms with Crippen LogP contribution in [0.15, 0.2) is 78.9 Å². The molecule has 0 aromatic heterocycles. The molecule has 1 radical (unpaired) electrons. The Bertz CT molecular complexity index is 947. The topological polar surface area (TPSA) is 51.2 Å². The Morgan fingerprint density at radius 1 is 0.818 bits per heavy atom. The maximum absolute atomic E-state index is 9.76. The van der Waals surface area contributed by atoms with E-state index in [4.69, 9.17) is 14.2 Å². The summed E-state index contributed by atoms with van der Waals surface area (Å²) in [5.74, 6) is 1.79. The molecule has 0 amide bonds. The van der Waals surface area contributed by atoms with Crippen LogP contribution in [0.3, 0.4) is 0 Å². The molecule has 2 unspecified atom stereocenters. The van der Waals surface area contributed by atoms with E-state index in [1.807, 2.05) is 42.5 Å². The molecule has 33 heavy (non-hydrogen) atoms. The molecule has 0 spiro atoms. The van der Waals surface area contributed by atoms with Crippen molar-refractivity contribution in [3.63, 3.8) is 0 Å². The summed E-state index contributed by atoms with van der Waals surface area (Å²) in [5.41, 5.74) is 2.21. The number of ether oxygens (including phenoxy) is 3. The Hall–Kier alpha value is -1.76. The first-order valence-electron chi connectivity index (χ1n) is 10.9. The van der Waals surface area contributed by atoms with Gasteiger partial charge in [0.1, 0.15) is 23.3 Å². The summed E-state index contributed by atoms with van der Waals surface area (Å²) in [5, 5.41) is 9.76. The quantitative estimate of drug-likeness (QED) is 0.448. The van der Waals surface area contributed by atoms with E-state index in [1.165, 1.54) is 0 Å². The van der Waals surface area contributed by atoms with Crippen molar-refractivity contribution >= 4 is 0 Å². The van der Waals surface area contributed by atoms with Gasteiger partial charge in [-0.05, 0) is 60.3 Å². The maximum atomic E-state index is 9.76. The third-order valence-corrected chi connectivity index (χ3v) is 6.32. The first kappa shape index (κ1) is 25.9. The van der Waals surface area contributed by atoms with Gasteiger partial charge in [0.15, 0.2) is 0 Å². The zero-order chi connectivity index (χ0) is 22.6. The molecule has 3 aromatic rings. The summed E-state index contributed by atoms with van der Waals surface area (Å²) >= 11 is 0. The second kappa shape index (κ2) is 11.6. The normalized spacial score (nSPS) is 18.5. The largest absolute Gasteiger partial charge is 0.497 e. The van der Waals surface area contributed by atoms with Crippen LogP contribution < -0.4 is 9.47 Å². The molecule has 1 fully saturated rings. The molecule has 2 atom stereocenters. The first-order valence-corrected chi connectivity index (χ1v) is 10.9. The van der Waals surface area contributed by atoms with Crippen LogP contribution in [0.2, 0.25) is 0 Å². The zero-order valence-electron chi connectivity index (χ0n) is 19.5. The predicted molar refractivity (Wildman–Crippen MR) is 125 cm³/mol. The number of aliphatic hydroxyl groups is 1. The van der Waals surface area contributed by atoms with Crippen LogP contribution in [-0.4, -0.2) is 50.7 Å². The molecule has 0 aliphatic carbocycles. The van der Waals surface area contributed by atoms with E-state index >= 15 is 0 Å². The van der Waals surface area contributed by atoms with Gasteiger partial charge in [-0.2, -0.15) is 0 Å². The molecule has 4 rings (SSSR count). The smallest absolute Gasteiger partial charge is 0.145 e. The summed E-state index contributed by atoms with van der Waals surface area (Å²) in [6.45, 7) is 0.963. The number of rotatable bonds is 8. The van der Waals surface area contributed by atoms with Gasteiger partial charge < -0.3 is 19.3 Å². The van der Waals surface area contributed by atoms with Crippen LogP contribution in [0.4, 0.5) is 0 Å². The van der Waals surface area contributed by atoms with Crippen molar-refractivity contribution in [2.75, 3.05) is 34.4 Å². The van der Waals surface area contributed by atoms with E-state index in [1.54, 1.807) is 14.2 Å². The van der Waals surface area contributed by atoms with Gasteiger partial charge >= 0.3 is 0 Å². The number of nitrogens with zero attached hydrogens (tertiary/aromatic N) is 1. The van der Waals surface area contributed by atoms with Gasteiger partial charge in [0.25, 0.3) is 0 Å². The van der Waals surface area contributed by atoms with Gasteiger partial charge in [-0.3, -0.25) is 4.90 Å². The van der Waals surface area contributed by atoms with Crippen molar-refractivity contribution in [1.29, 1.82) is 0 Å². The summed E-state index contributed by atoms with van der Waals surface area (Å²) in [4.78, 5) is 2.19. The van der Waals surface area contributed by atoms with Gasteiger partial charge in [0.05, 0.1) is 14.2 Å². The minimum absolute atomic E-state index is 0.